The molecule has 0 unspecified atom stereocenters. The van der Waals surface area contributed by atoms with Crippen LogP contribution in [0, 0.1) is 6.92 Å². The fraction of sp³-hybridized carbons (Fsp3) is 0.300. The van der Waals surface area contributed by atoms with E-state index in [1.165, 1.54) is 11.1 Å². The van der Waals surface area contributed by atoms with E-state index in [-0.39, 0.29) is 5.91 Å². The highest BCUT2D eigenvalue weighted by Crippen LogP contribution is 2.27. The van der Waals surface area contributed by atoms with Crippen LogP contribution in [0.15, 0.2) is 53.1 Å². The zero-order valence-corrected chi connectivity index (χ0v) is 14.3. The molecule has 0 saturated carbocycles. The summed E-state index contributed by atoms with van der Waals surface area (Å²) in [6.07, 6.45) is 2.48. The molecule has 1 amide bonds. The van der Waals surface area contributed by atoms with Crippen LogP contribution in [-0.2, 0) is 0 Å². The van der Waals surface area contributed by atoms with Gasteiger partial charge < -0.3 is 14.2 Å². The molecule has 1 aliphatic heterocycles. The largest absolute Gasteiger partial charge is 0.459 e. The van der Waals surface area contributed by atoms with Crippen molar-refractivity contribution in [2.75, 3.05) is 31.1 Å². The van der Waals surface area contributed by atoms with E-state index in [0.717, 1.165) is 37.3 Å². The second-order valence-corrected chi connectivity index (χ2v) is 6.41. The fourth-order valence-corrected chi connectivity index (χ4v) is 3.46. The average Bonchev–Trinajstić information content (AvgIpc) is 3.05. The number of aryl methyl sites for hydroxylation is 1. The van der Waals surface area contributed by atoms with Crippen molar-refractivity contribution in [3.8, 4) is 0 Å². The minimum atomic E-state index is -0.0254. The van der Waals surface area contributed by atoms with E-state index in [4.69, 9.17) is 4.42 Å². The Hall–Kier alpha value is -2.82. The monoisotopic (exact) mass is 335 g/mol. The van der Waals surface area contributed by atoms with Crippen molar-refractivity contribution in [2.45, 2.75) is 13.3 Å². The third-order valence-corrected chi connectivity index (χ3v) is 4.68. The highest BCUT2D eigenvalue weighted by atomic mass is 16.3. The molecule has 1 saturated heterocycles. The lowest BCUT2D eigenvalue weighted by molar-refractivity contribution is 0.0735. The van der Waals surface area contributed by atoms with E-state index in [0.29, 0.717) is 12.3 Å². The third-order valence-electron chi connectivity index (χ3n) is 4.68. The Morgan fingerprint density at radius 1 is 1.08 bits per heavy atom. The summed E-state index contributed by atoms with van der Waals surface area (Å²) in [5.74, 6) is 0.390. The number of benzene rings is 1. The SMILES string of the molecule is Cc1cc(N2CCCN(C(=O)c3ccco3)CC2)c2ccccc2n1. The van der Waals surface area contributed by atoms with Crippen LogP contribution in [0.1, 0.15) is 22.7 Å². The van der Waals surface area contributed by atoms with Crippen LogP contribution in [0.25, 0.3) is 10.9 Å². The van der Waals surface area contributed by atoms with E-state index < -0.39 is 0 Å². The first-order chi connectivity index (χ1) is 12.2. The first kappa shape index (κ1) is 15.7. The van der Waals surface area contributed by atoms with Gasteiger partial charge in [0.15, 0.2) is 5.76 Å². The van der Waals surface area contributed by atoms with Gasteiger partial charge in [0.25, 0.3) is 5.91 Å². The average molecular weight is 335 g/mol. The van der Waals surface area contributed by atoms with Gasteiger partial charge in [0, 0.05) is 42.9 Å². The second-order valence-electron chi connectivity index (χ2n) is 6.41. The number of hydrogen-bond donors (Lipinski definition) is 0. The highest BCUT2D eigenvalue weighted by molar-refractivity contribution is 5.93. The van der Waals surface area contributed by atoms with E-state index in [1.807, 2.05) is 24.0 Å². The molecule has 0 radical (unpaired) electrons. The van der Waals surface area contributed by atoms with Crippen molar-refractivity contribution >= 4 is 22.5 Å². The van der Waals surface area contributed by atoms with Gasteiger partial charge in [-0.25, -0.2) is 0 Å². The lowest BCUT2D eigenvalue weighted by Crippen LogP contribution is -2.35. The Balaban J connectivity index is 1.58. The van der Waals surface area contributed by atoms with Crippen molar-refractivity contribution in [3.63, 3.8) is 0 Å². The molecule has 3 aromatic rings. The first-order valence-electron chi connectivity index (χ1n) is 8.66. The number of amides is 1. The Morgan fingerprint density at radius 3 is 2.80 bits per heavy atom. The van der Waals surface area contributed by atoms with Gasteiger partial charge in [-0.1, -0.05) is 18.2 Å². The van der Waals surface area contributed by atoms with E-state index >= 15 is 0 Å². The molecule has 0 bridgehead atoms. The van der Waals surface area contributed by atoms with Crippen LogP contribution in [0.3, 0.4) is 0 Å². The molecular formula is C20H21N3O2. The molecule has 3 heterocycles. The number of rotatable bonds is 2. The van der Waals surface area contributed by atoms with Crippen LogP contribution in [0.4, 0.5) is 5.69 Å². The Morgan fingerprint density at radius 2 is 1.96 bits per heavy atom. The molecule has 2 aromatic heterocycles. The molecule has 1 fully saturated rings. The molecule has 5 nitrogen and oxygen atoms in total. The van der Waals surface area contributed by atoms with Crippen LogP contribution in [-0.4, -0.2) is 42.0 Å². The predicted molar refractivity (Wildman–Crippen MR) is 97.9 cm³/mol. The highest BCUT2D eigenvalue weighted by Gasteiger charge is 2.23. The number of carbonyl (C=O) groups excluding carboxylic acids is 1. The van der Waals surface area contributed by atoms with Gasteiger partial charge >= 0.3 is 0 Å². The standard InChI is InChI=1S/C20H21N3O2/c1-15-14-18(16-6-2-3-7-17(16)21-15)22-9-5-10-23(12-11-22)20(24)19-8-4-13-25-19/h2-4,6-8,13-14H,5,9-12H2,1H3. The number of carbonyl (C=O) groups is 1. The molecule has 1 aromatic carbocycles. The zero-order valence-electron chi connectivity index (χ0n) is 14.3. The molecule has 128 valence electrons. The zero-order chi connectivity index (χ0) is 17.2. The first-order valence-corrected chi connectivity index (χ1v) is 8.66. The molecule has 25 heavy (non-hydrogen) atoms. The molecule has 0 N–H and O–H groups in total. The summed E-state index contributed by atoms with van der Waals surface area (Å²) in [6.45, 7) is 5.20. The molecule has 0 spiro atoms. The third kappa shape index (κ3) is 3.09. The van der Waals surface area contributed by atoms with E-state index in [9.17, 15) is 4.79 Å². The predicted octanol–water partition coefficient (Wildman–Crippen LogP) is 3.49. The normalized spacial score (nSPS) is 15.4. The fourth-order valence-electron chi connectivity index (χ4n) is 3.46. The molecule has 4 rings (SSSR count). The summed E-state index contributed by atoms with van der Waals surface area (Å²) < 4.78 is 5.26. The smallest absolute Gasteiger partial charge is 0.289 e. The molecule has 0 atom stereocenters. The lowest BCUT2D eigenvalue weighted by atomic mass is 10.1. The Labute approximate surface area is 146 Å². The number of pyridine rings is 1. The van der Waals surface area contributed by atoms with Gasteiger partial charge in [-0.05, 0) is 37.6 Å². The summed E-state index contributed by atoms with van der Waals surface area (Å²) in [6, 6.07) is 13.9. The quantitative estimate of drug-likeness (QED) is 0.719. The number of para-hydroxylation sites is 1. The summed E-state index contributed by atoms with van der Waals surface area (Å²) in [5, 5.41) is 1.17. The van der Waals surface area contributed by atoms with Gasteiger partial charge in [-0.3, -0.25) is 9.78 Å². The van der Waals surface area contributed by atoms with Gasteiger partial charge in [0.05, 0.1) is 11.8 Å². The maximum absolute atomic E-state index is 12.5. The van der Waals surface area contributed by atoms with Gasteiger partial charge in [0.2, 0.25) is 0 Å². The van der Waals surface area contributed by atoms with Crippen molar-refractivity contribution in [1.29, 1.82) is 0 Å². The number of fused-ring (bicyclic) bond motifs is 1. The van der Waals surface area contributed by atoms with Crippen LogP contribution < -0.4 is 4.90 Å². The summed E-state index contributed by atoms with van der Waals surface area (Å²) >= 11 is 0. The number of anilines is 1. The summed E-state index contributed by atoms with van der Waals surface area (Å²) in [5.41, 5.74) is 3.24. The number of aromatic nitrogens is 1. The van der Waals surface area contributed by atoms with Crippen LogP contribution in [0.2, 0.25) is 0 Å². The summed E-state index contributed by atoms with van der Waals surface area (Å²) in [4.78, 5) is 21.4. The lowest BCUT2D eigenvalue weighted by Gasteiger charge is -2.25. The van der Waals surface area contributed by atoms with Crippen LogP contribution in [0.5, 0.6) is 0 Å². The maximum Gasteiger partial charge on any atom is 0.289 e. The second kappa shape index (κ2) is 6.59. The van der Waals surface area contributed by atoms with E-state index in [2.05, 4.69) is 28.1 Å². The van der Waals surface area contributed by atoms with Gasteiger partial charge in [-0.2, -0.15) is 0 Å². The number of furan rings is 1. The van der Waals surface area contributed by atoms with Crippen LogP contribution >= 0.6 is 0 Å². The van der Waals surface area contributed by atoms with Crippen molar-refractivity contribution in [2.24, 2.45) is 0 Å². The Kier molecular flexibility index (Phi) is 4.14. The summed E-state index contributed by atoms with van der Waals surface area (Å²) in [7, 11) is 0. The minimum absolute atomic E-state index is 0.0254. The molecule has 5 heteroatoms. The number of nitrogens with zero attached hydrogens (tertiary/aromatic N) is 3. The van der Waals surface area contributed by atoms with Crippen molar-refractivity contribution in [3.05, 3.63) is 60.2 Å². The topological polar surface area (TPSA) is 49.6 Å². The molecule has 1 aliphatic rings. The van der Waals surface area contributed by atoms with Crippen molar-refractivity contribution < 1.29 is 9.21 Å². The van der Waals surface area contributed by atoms with Gasteiger partial charge in [0.1, 0.15) is 0 Å². The number of hydrogen-bond acceptors (Lipinski definition) is 4. The molecular weight excluding hydrogens is 314 g/mol. The minimum Gasteiger partial charge on any atom is -0.459 e. The molecule has 0 aliphatic carbocycles. The maximum atomic E-state index is 12.5. The van der Waals surface area contributed by atoms with Gasteiger partial charge in [-0.15, -0.1) is 0 Å². The van der Waals surface area contributed by atoms with Crippen molar-refractivity contribution in [1.82, 2.24) is 9.88 Å². The Bertz CT molecular complexity index is 889. The van der Waals surface area contributed by atoms with E-state index in [1.54, 1.807) is 18.4 Å².